The van der Waals surface area contributed by atoms with E-state index in [0.717, 1.165) is 12.8 Å². The fraction of sp³-hybridized carbons (Fsp3) is 0.364. The molecule has 0 aliphatic heterocycles. The third-order valence-electron chi connectivity index (χ3n) is 7.84. The molecule has 0 spiro atoms. The van der Waals surface area contributed by atoms with Gasteiger partial charge >= 0.3 is 23.9 Å². The van der Waals surface area contributed by atoms with Gasteiger partial charge in [0.2, 0.25) is 0 Å². The average Bonchev–Trinajstić information content (AvgIpc) is 3.17. The fourth-order valence-corrected chi connectivity index (χ4v) is 4.25. The standard InChI is InChI=1S/C11H24O2.4C7H6O2.C5H12O2/c1-9(2)5-6-11(7-12,8-13)10(3)4;4*8-7(9)6-4-2-1-3-5-6;1-4(6)3-5(2)7/h9-10,12-13H,5-8H2,1-4H3;4*1-5H,(H,8,9);4-7H,3H2,1-2H3. The van der Waals surface area contributed by atoms with E-state index in [1.165, 1.54) is 0 Å². The Balaban J connectivity index is 0. The molecule has 0 aliphatic rings. The number of benzene rings is 4. The van der Waals surface area contributed by atoms with Crippen LogP contribution in [0, 0.1) is 17.3 Å². The van der Waals surface area contributed by atoms with E-state index < -0.39 is 23.9 Å². The first kappa shape index (κ1) is 52.7. The minimum atomic E-state index is -0.879. The van der Waals surface area contributed by atoms with Crippen LogP contribution in [0.15, 0.2) is 121 Å². The van der Waals surface area contributed by atoms with Crippen molar-refractivity contribution in [2.75, 3.05) is 13.2 Å². The van der Waals surface area contributed by atoms with Crippen molar-refractivity contribution in [1.82, 2.24) is 0 Å². The Morgan fingerprint density at radius 2 is 0.696 bits per heavy atom. The van der Waals surface area contributed by atoms with Gasteiger partial charge in [0, 0.05) is 5.41 Å². The highest BCUT2D eigenvalue weighted by Crippen LogP contribution is 2.33. The molecule has 12 heteroatoms. The molecule has 0 aromatic heterocycles. The molecule has 0 heterocycles. The van der Waals surface area contributed by atoms with E-state index in [1.54, 1.807) is 135 Å². The molecule has 308 valence electrons. The lowest BCUT2D eigenvalue weighted by Gasteiger charge is -2.34. The lowest BCUT2D eigenvalue weighted by molar-refractivity contribution is 0.00496. The maximum atomic E-state index is 10.2. The van der Waals surface area contributed by atoms with Crippen molar-refractivity contribution in [3.63, 3.8) is 0 Å². The van der Waals surface area contributed by atoms with Crippen LogP contribution in [0.5, 0.6) is 0 Å². The highest BCUT2D eigenvalue weighted by atomic mass is 16.4. The summed E-state index contributed by atoms with van der Waals surface area (Å²) in [7, 11) is 0. The largest absolute Gasteiger partial charge is 0.478 e. The van der Waals surface area contributed by atoms with Crippen molar-refractivity contribution in [2.24, 2.45) is 17.3 Å². The maximum absolute atomic E-state index is 10.2. The molecule has 0 saturated heterocycles. The third-order valence-corrected chi connectivity index (χ3v) is 7.84. The molecule has 12 nitrogen and oxygen atoms in total. The molecule has 56 heavy (non-hydrogen) atoms. The maximum Gasteiger partial charge on any atom is 0.335 e. The van der Waals surface area contributed by atoms with E-state index in [2.05, 4.69) is 27.7 Å². The van der Waals surface area contributed by atoms with E-state index in [4.69, 9.17) is 30.6 Å². The number of carboxylic acid groups (broad SMARTS) is 4. The van der Waals surface area contributed by atoms with Gasteiger partial charge in [-0.1, -0.05) is 107 Å². The lowest BCUT2D eigenvalue weighted by atomic mass is 9.74. The normalized spacial score (nSPS) is 11.1. The predicted octanol–water partition coefficient (Wildman–Crippen LogP) is 7.73. The molecule has 4 rings (SSSR count). The first-order valence-electron chi connectivity index (χ1n) is 18.0. The minimum absolute atomic E-state index is 0.0912. The molecule has 0 fully saturated rings. The Bertz CT molecular complexity index is 1380. The molecule has 0 amide bonds. The van der Waals surface area contributed by atoms with Gasteiger partial charge in [0.25, 0.3) is 0 Å². The van der Waals surface area contributed by atoms with Gasteiger partial charge in [-0.25, -0.2) is 19.2 Å². The van der Waals surface area contributed by atoms with Crippen LogP contribution in [-0.4, -0.2) is 90.2 Å². The molecule has 4 aromatic rings. The van der Waals surface area contributed by atoms with Crippen LogP contribution in [0.2, 0.25) is 0 Å². The molecule has 0 saturated carbocycles. The summed E-state index contributed by atoms with van der Waals surface area (Å²) in [4.78, 5) is 40.8. The summed E-state index contributed by atoms with van der Waals surface area (Å²) in [6.07, 6.45) is 1.70. The monoisotopic (exact) mass is 780 g/mol. The number of carboxylic acids is 4. The number of hydrogen-bond acceptors (Lipinski definition) is 8. The lowest BCUT2D eigenvalue weighted by Crippen LogP contribution is -2.35. The zero-order valence-electron chi connectivity index (χ0n) is 33.1. The van der Waals surface area contributed by atoms with Crippen LogP contribution < -0.4 is 0 Å². The van der Waals surface area contributed by atoms with E-state index >= 15 is 0 Å². The van der Waals surface area contributed by atoms with Crippen molar-refractivity contribution in [1.29, 1.82) is 0 Å². The smallest absolute Gasteiger partial charge is 0.335 e. The summed E-state index contributed by atoms with van der Waals surface area (Å²) >= 11 is 0. The summed E-state index contributed by atoms with van der Waals surface area (Å²) in [6, 6.07) is 33.2. The summed E-state index contributed by atoms with van der Waals surface area (Å²) in [6.45, 7) is 12.0. The van der Waals surface area contributed by atoms with E-state index in [-0.39, 0.29) is 30.8 Å². The first-order chi connectivity index (χ1) is 26.3. The minimum Gasteiger partial charge on any atom is -0.478 e. The number of carbonyl (C=O) groups is 4. The van der Waals surface area contributed by atoms with Crippen molar-refractivity contribution < 1.29 is 60.0 Å². The summed E-state index contributed by atoms with van der Waals surface area (Å²) in [5.74, 6) is -2.55. The third kappa shape index (κ3) is 26.4. The fourth-order valence-electron chi connectivity index (χ4n) is 4.25. The number of hydrogen-bond donors (Lipinski definition) is 8. The highest BCUT2D eigenvalue weighted by Gasteiger charge is 2.32. The van der Waals surface area contributed by atoms with Gasteiger partial charge in [-0.15, -0.1) is 0 Å². The van der Waals surface area contributed by atoms with Gasteiger partial charge in [0.15, 0.2) is 0 Å². The van der Waals surface area contributed by atoms with Gasteiger partial charge in [0.1, 0.15) is 0 Å². The predicted molar refractivity (Wildman–Crippen MR) is 217 cm³/mol. The Morgan fingerprint density at radius 1 is 0.464 bits per heavy atom. The summed E-state index contributed by atoms with van der Waals surface area (Å²) in [5, 5.41) is 69.3. The van der Waals surface area contributed by atoms with Crippen LogP contribution in [0.1, 0.15) is 102 Å². The summed E-state index contributed by atoms with van der Waals surface area (Å²) in [5.41, 5.74) is 1.05. The van der Waals surface area contributed by atoms with Gasteiger partial charge in [-0.05, 0) is 87.1 Å². The van der Waals surface area contributed by atoms with Gasteiger partial charge in [-0.3, -0.25) is 0 Å². The van der Waals surface area contributed by atoms with Gasteiger partial charge in [0.05, 0.1) is 47.7 Å². The molecule has 4 aromatic carbocycles. The Labute approximate surface area is 330 Å². The number of rotatable bonds is 12. The molecule has 0 radical (unpaired) electrons. The second-order valence-corrected chi connectivity index (χ2v) is 13.4. The summed E-state index contributed by atoms with van der Waals surface area (Å²) < 4.78 is 0. The second-order valence-electron chi connectivity index (χ2n) is 13.4. The molecule has 2 atom stereocenters. The zero-order chi connectivity index (χ0) is 43.1. The molecule has 2 unspecified atom stereocenters. The molecular formula is C44H60O12. The van der Waals surface area contributed by atoms with Crippen LogP contribution in [0.3, 0.4) is 0 Å². The van der Waals surface area contributed by atoms with Crippen LogP contribution in [0.25, 0.3) is 0 Å². The van der Waals surface area contributed by atoms with Crippen molar-refractivity contribution in [2.45, 2.75) is 73.0 Å². The molecule has 8 N–H and O–H groups in total. The topological polar surface area (TPSA) is 230 Å². The van der Waals surface area contributed by atoms with E-state index in [9.17, 15) is 29.4 Å². The van der Waals surface area contributed by atoms with Gasteiger partial charge in [-0.2, -0.15) is 0 Å². The Kier molecular flexibility index (Phi) is 29.1. The first-order valence-corrected chi connectivity index (χ1v) is 18.0. The van der Waals surface area contributed by atoms with Crippen LogP contribution >= 0.6 is 0 Å². The van der Waals surface area contributed by atoms with Gasteiger partial charge < -0.3 is 40.9 Å². The van der Waals surface area contributed by atoms with Crippen molar-refractivity contribution in [3.05, 3.63) is 144 Å². The Hall–Kier alpha value is -5.40. The quantitative estimate of drug-likeness (QED) is 0.0691. The average molecular weight is 781 g/mol. The van der Waals surface area contributed by atoms with Crippen LogP contribution in [0.4, 0.5) is 0 Å². The molecular weight excluding hydrogens is 720 g/mol. The Morgan fingerprint density at radius 3 is 0.804 bits per heavy atom. The van der Waals surface area contributed by atoms with E-state index in [1.807, 2.05) is 0 Å². The van der Waals surface area contributed by atoms with Crippen molar-refractivity contribution in [3.8, 4) is 0 Å². The number of aromatic carboxylic acids is 4. The molecule has 0 aliphatic carbocycles. The highest BCUT2D eigenvalue weighted by molar-refractivity contribution is 5.88. The molecule has 0 bridgehead atoms. The van der Waals surface area contributed by atoms with E-state index in [0.29, 0.717) is 40.5 Å². The van der Waals surface area contributed by atoms with Crippen LogP contribution in [-0.2, 0) is 0 Å². The second kappa shape index (κ2) is 30.9. The zero-order valence-corrected chi connectivity index (χ0v) is 33.1. The SMILES string of the molecule is CC(C)CCC(CO)(CO)C(C)C.CC(O)CC(C)O.O=C(O)c1ccccc1.O=C(O)c1ccccc1.O=C(O)c1ccccc1.O=C(O)c1ccccc1. The van der Waals surface area contributed by atoms with Crippen molar-refractivity contribution >= 4 is 23.9 Å². The number of aliphatic hydroxyl groups excluding tert-OH is 4. The number of aliphatic hydroxyl groups is 4.